The van der Waals surface area contributed by atoms with Gasteiger partial charge in [-0.05, 0) is 24.1 Å². The summed E-state index contributed by atoms with van der Waals surface area (Å²) in [6.45, 7) is 4.00. The van der Waals surface area contributed by atoms with Gasteiger partial charge in [0.1, 0.15) is 5.75 Å². The maximum Gasteiger partial charge on any atom is 0.261 e. The average molecular weight is 339 g/mol. The minimum Gasteiger partial charge on any atom is -0.496 e. The summed E-state index contributed by atoms with van der Waals surface area (Å²) < 4.78 is 11.1. The normalized spacial score (nSPS) is 10.7. The Morgan fingerprint density at radius 2 is 2.15 bits per heavy atom. The van der Waals surface area contributed by atoms with Crippen LogP contribution in [0, 0.1) is 0 Å². The van der Waals surface area contributed by atoms with Gasteiger partial charge in [0.15, 0.2) is 0 Å². The van der Waals surface area contributed by atoms with E-state index in [1.54, 1.807) is 24.3 Å². The van der Waals surface area contributed by atoms with E-state index in [1.807, 2.05) is 13.8 Å². The minimum atomic E-state index is -0.305. The molecule has 0 bridgehead atoms. The van der Waals surface area contributed by atoms with Crippen molar-refractivity contribution in [1.29, 1.82) is 0 Å². The number of hydrogen-bond acceptors (Lipinski definition) is 4. The van der Waals surface area contributed by atoms with E-state index in [0.717, 1.165) is 10.2 Å². The van der Waals surface area contributed by atoms with E-state index in [1.165, 1.54) is 7.11 Å². The number of hydrogen-bond donors (Lipinski definition) is 1. The molecule has 0 fully saturated rings. The van der Waals surface area contributed by atoms with Crippen molar-refractivity contribution in [1.82, 2.24) is 5.16 Å². The number of benzene rings is 1. The molecule has 6 heteroatoms. The fourth-order valence-corrected chi connectivity index (χ4v) is 1.99. The number of carbonyl (C=O) groups excluding carboxylic acids is 1. The van der Waals surface area contributed by atoms with Gasteiger partial charge in [0.05, 0.1) is 18.4 Å². The molecule has 0 atom stereocenters. The number of carbonyl (C=O) groups is 1. The summed E-state index contributed by atoms with van der Waals surface area (Å²) >= 11 is 3.33. The Balaban J connectivity index is 2.19. The molecule has 0 radical (unpaired) electrons. The van der Waals surface area contributed by atoms with Crippen LogP contribution in [-0.4, -0.2) is 18.2 Å². The molecule has 1 amide bonds. The fourth-order valence-electron chi connectivity index (χ4n) is 1.65. The lowest BCUT2D eigenvalue weighted by Crippen LogP contribution is -2.12. The van der Waals surface area contributed by atoms with E-state index in [9.17, 15) is 4.79 Å². The number of anilines is 1. The van der Waals surface area contributed by atoms with Crippen LogP contribution in [0.15, 0.2) is 33.3 Å². The smallest absolute Gasteiger partial charge is 0.261 e. The molecule has 0 aliphatic heterocycles. The number of nitrogens with zero attached hydrogens (tertiary/aromatic N) is 1. The van der Waals surface area contributed by atoms with Crippen LogP contribution >= 0.6 is 15.9 Å². The molecular formula is C14H15BrN2O3. The van der Waals surface area contributed by atoms with Gasteiger partial charge >= 0.3 is 0 Å². The monoisotopic (exact) mass is 338 g/mol. The number of amides is 1. The number of halogens is 1. The molecule has 5 nitrogen and oxygen atoms in total. The Hall–Kier alpha value is -1.82. The Bertz CT molecular complexity index is 623. The second kappa shape index (κ2) is 6.09. The molecule has 0 aliphatic rings. The van der Waals surface area contributed by atoms with Gasteiger partial charge in [-0.3, -0.25) is 10.1 Å². The Morgan fingerprint density at radius 3 is 2.75 bits per heavy atom. The van der Waals surface area contributed by atoms with Crippen LogP contribution in [0.3, 0.4) is 0 Å². The quantitative estimate of drug-likeness (QED) is 0.920. The zero-order chi connectivity index (χ0) is 14.7. The molecule has 0 saturated carbocycles. The maximum atomic E-state index is 12.2. The Morgan fingerprint density at radius 1 is 1.40 bits per heavy atom. The lowest BCUT2D eigenvalue weighted by atomic mass is 10.1. The largest absolute Gasteiger partial charge is 0.496 e. The van der Waals surface area contributed by atoms with Crippen molar-refractivity contribution in [3.05, 3.63) is 40.0 Å². The predicted molar refractivity (Wildman–Crippen MR) is 79.2 cm³/mol. The third-order valence-corrected chi connectivity index (χ3v) is 3.26. The van der Waals surface area contributed by atoms with Crippen LogP contribution in [0.2, 0.25) is 0 Å². The molecule has 0 unspecified atom stereocenters. The van der Waals surface area contributed by atoms with Gasteiger partial charge in [-0.15, -0.1) is 0 Å². The summed E-state index contributed by atoms with van der Waals surface area (Å²) in [7, 11) is 1.52. The topological polar surface area (TPSA) is 64.4 Å². The predicted octanol–water partition coefficient (Wildman–Crippen LogP) is 3.82. The van der Waals surface area contributed by atoms with E-state index in [2.05, 4.69) is 26.4 Å². The number of aromatic nitrogens is 1. The van der Waals surface area contributed by atoms with Crippen molar-refractivity contribution in [2.45, 2.75) is 19.8 Å². The van der Waals surface area contributed by atoms with E-state index < -0.39 is 0 Å². The van der Waals surface area contributed by atoms with Gasteiger partial charge in [-0.25, -0.2) is 0 Å². The average Bonchev–Trinajstić information content (AvgIpc) is 2.87. The molecule has 1 aromatic heterocycles. The summed E-state index contributed by atoms with van der Waals surface area (Å²) in [4.78, 5) is 12.2. The number of ether oxygens (including phenoxy) is 1. The summed E-state index contributed by atoms with van der Waals surface area (Å²) in [5.74, 6) is 0.747. The van der Waals surface area contributed by atoms with Gasteiger partial charge in [-0.1, -0.05) is 34.9 Å². The lowest BCUT2D eigenvalue weighted by Gasteiger charge is -2.07. The molecule has 2 rings (SSSR count). The van der Waals surface area contributed by atoms with Gasteiger partial charge in [0.2, 0.25) is 5.88 Å². The highest BCUT2D eigenvalue weighted by Crippen LogP contribution is 2.25. The van der Waals surface area contributed by atoms with Gasteiger partial charge in [0, 0.05) is 10.5 Å². The number of nitrogens with one attached hydrogen (secondary N) is 1. The minimum absolute atomic E-state index is 0.242. The third kappa shape index (κ3) is 3.19. The molecule has 0 saturated heterocycles. The van der Waals surface area contributed by atoms with Crippen LogP contribution < -0.4 is 10.1 Å². The van der Waals surface area contributed by atoms with Gasteiger partial charge in [-0.2, -0.15) is 0 Å². The molecule has 2 aromatic rings. The highest BCUT2D eigenvalue weighted by molar-refractivity contribution is 9.10. The Kier molecular flexibility index (Phi) is 4.44. The second-order valence-corrected chi connectivity index (χ2v) is 5.49. The van der Waals surface area contributed by atoms with Crippen LogP contribution in [0.1, 0.15) is 35.8 Å². The number of rotatable bonds is 4. The highest BCUT2D eigenvalue weighted by Gasteiger charge is 2.15. The molecule has 0 spiro atoms. The molecular weight excluding hydrogens is 324 g/mol. The van der Waals surface area contributed by atoms with Crippen molar-refractivity contribution in [3.63, 3.8) is 0 Å². The third-order valence-electron chi connectivity index (χ3n) is 2.76. The molecule has 106 valence electrons. The number of methoxy groups -OCH3 is 1. The summed E-state index contributed by atoms with van der Waals surface area (Å²) in [6, 6.07) is 6.90. The van der Waals surface area contributed by atoms with Crippen LogP contribution in [-0.2, 0) is 0 Å². The zero-order valence-corrected chi connectivity index (χ0v) is 13.0. The first-order valence-corrected chi connectivity index (χ1v) is 6.92. The van der Waals surface area contributed by atoms with E-state index in [4.69, 9.17) is 9.26 Å². The van der Waals surface area contributed by atoms with Crippen LogP contribution in [0.5, 0.6) is 5.75 Å². The molecule has 1 aromatic carbocycles. The van der Waals surface area contributed by atoms with Crippen molar-refractivity contribution in [2.75, 3.05) is 12.4 Å². The second-order valence-electron chi connectivity index (χ2n) is 4.57. The van der Waals surface area contributed by atoms with E-state index >= 15 is 0 Å². The standard InChI is InChI=1S/C14H15BrN2O3/c1-8(2)11-7-13(20-17-11)16-14(18)10-5-4-9(15)6-12(10)19-3/h4-8H,1-3H3,(H,16,18). The first-order valence-electron chi connectivity index (χ1n) is 6.12. The first-order chi connectivity index (χ1) is 9.51. The summed E-state index contributed by atoms with van der Waals surface area (Å²) in [5, 5.41) is 6.55. The van der Waals surface area contributed by atoms with Crippen molar-refractivity contribution < 1.29 is 14.1 Å². The zero-order valence-electron chi connectivity index (χ0n) is 11.4. The van der Waals surface area contributed by atoms with Crippen molar-refractivity contribution in [3.8, 4) is 5.75 Å². The van der Waals surface area contributed by atoms with E-state index in [-0.39, 0.29) is 11.8 Å². The Labute approximate surface area is 125 Å². The first kappa shape index (κ1) is 14.6. The SMILES string of the molecule is COc1cc(Br)ccc1C(=O)Nc1cc(C(C)C)no1. The fraction of sp³-hybridized carbons (Fsp3) is 0.286. The van der Waals surface area contributed by atoms with Crippen molar-refractivity contribution in [2.24, 2.45) is 0 Å². The van der Waals surface area contributed by atoms with Crippen molar-refractivity contribution >= 4 is 27.7 Å². The maximum absolute atomic E-state index is 12.2. The van der Waals surface area contributed by atoms with E-state index in [0.29, 0.717) is 17.2 Å². The van der Waals surface area contributed by atoms with Crippen LogP contribution in [0.25, 0.3) is 0 Å². The molecule has 1 N–H and O–H groups in total. The van der Waals surface area contributed by atoms with Gasteiger partial charge in [0.25, 0.3) is 5.91 Å². The lowest BCUT2D eigenvalue weighted by molar-refractivity contribution is 0.102. The molecule has 0 aliphatic carbocycles. The highest BCUT2D eigenvalue weighted by atomic mass is 79.9. The molecule has 1 heterocycles. The van der Waals surface area contributed by atoms with Gasteiger partial charge < -0.3 is 9.26 Å². The van der Waals surface area contributed by atoms with Crippen LogP contribution in [0.4, 0.5) is 5.88 Å². The summed E-state index contributed by atoms with van der Waals surface area (Å²) in [5.41, 5.74) is 1.22. The molecule has 20 heavy (non-hydrogen) atoms. The summed E-state index contributed by atoms with van der Waals surface area (Å²) in [6.07, 6.45) is 0.